The van der Waals surface area contributed by atoms with E-state index in [-0.39, 0.29) is 0 Å². The predicted molar refractivity (Wildman–Crippen MR) is 80.5 cm³/mol. The first-order valence-corrected chi connectivity index (χ1v) is 6.76. The summed E-state index contributed by atoms with van der Waals surface area (Å²) in [7, 11) is 1.71. The number of aliphatic carboxylic acids is 1. The van der Waals surface area contributed by atoms with E-state index in [1.54, 1.807) is 13.2 Å². The van der Waals surface area contributed by atoms with E-state index in [9.17, 15) is 4.79 Å². The summed E-state index contributed by atoms with van der Waals surface area (Å²) < 4.78 is 5.13. The molecule has 20 heavy (non-hydrogen) atoms. The van der Waals surface area contributed by atoms with Crippen LogP contribution in [0.5, 0.6) is 0 Å². The second-order valence-corrected chi connectivity index (χ2v) is 4.97. The molecule has 0 aliphatic rings. The largest absolute Gasteiger partial charge is 0.478 e. The van der Waals surface area contributed by atoms with Crippen LogP contribution in [0.2, 0.25) is 0 Å². The summed E-state index contributed by atoms with van der Waals surface area (Å²) in [5, 5.41) is 8.59. The van der Waals surface area contributed by atoms with E-state index in [2.05, 4.69) is 18.7 Å². The number of carbonyl (C=O) groups is 1. The van der Waals surface area contributed by atoms with Gasteiger partial charge in [-0.25, -0.2) is 4.79 Å². The van der Waals surface area contributed by atoms with Crippen LogP contribution in [0.3, 0.4) is 0 Å². The first kappa shape index (κ1) is 16.4. The number of methoxy groups -OCH3 is 1. The summed E-state index contributed by atoms with van der Waals surface area (Å²) in [5.41, 5.74) is 2.10. The molecule has 0 saturated heterocycles. The minimum atomic E-state index is -0.931. The summed E-state index contributed by atoms with van der Waals surface area (Å²) in [5.74, 6) is -0.931. The van der Waals surface area contributed by atoms with Crippen molar-refractivity contribution in [3.63, 3.8) is 0 Å². The molecule has 0 heterocycles. The smallest absolute Gasteiger partial charge is 0.328 e. The summed E-state index contributed by atoms with van der Waals surface area (Å²) in [6, 6.07) is 8.39. The summed E-state index contributed by atoms with van der Waals surface area (Å²) in [6.45, 7) is 6.82. The van der Waals surface area contributed by atoms with Gasteiger partial charge < -0.3 is 9.84 Å². The van der Waals surface area contributed by atoms with Gasteiger partial charge >= 0.3 is 5.97 Å². The first-order chi connectivity index (χ1) is 9.52. The van der Waals surface area contributed by atoms with Gasteiger partial charge in [-0.1, -0.05) is 24.3 Å². The molecule has 0 bridgehead atoms. The number of carboxylic acids is 1. The van der Waals surface area contributed by atoms with E-state index in [0.29, 0.717) is 6.04 Å². The van der Waals surface area contributed by atoms with Crippen molar-refractivity contribution in [1.82, 2.24) is 4.90 Å². The Labute approximate surface area is 120 Å². The van der Waals surface area contributed by atoms with Crippen molar-refractivity contribution in [3.05, 3.63) is 41.5 Å². The van der Waals surface area contributed by atoms with Gasteiger partial charge in [0.15, 0.2) is 0 Å². The molecule has 0 aromatic heterocycles. The minimum Gasteiger partial charge on any atom is -0.478 e. The van der Waals surface area contributed by atoms with E-state index in [1.807, 2.05) is 24.3 Å². The van der Waals surface area contributed by atoms with Crippen LogP contribution in [0, 0.1) is 0 Å². The Hall–Kier alpha value is -1.65. The standard InChI is InChI=1S/C16H23NO3/c1-13(2)17(10-11-20-3)12-15-6-4-14(5-7-15)8-9-16(18)19/h4-9,13H,10-12H2,1-3H3,(H,18,19)/b9-8+. The van der Waals surface area contributed by atoms with Crippen molar-refractivity contribution in [2.24, 2.45) is 0 Å². The highest BCUT2D eigenvalue weighted by molar-refractivity contribution is 5.85. The van der Waals surface area contributed by atoms with Gasteiger partial charge in [-0.3, -0.25) is 4.90 Å². The van der Waals surface area contributed by atoms with Crippen LogP contribution in [-0.2, 0) is 16.1 Å². The maximum Gasteiger partial charge on any atom is 0.328 e. The van der Waals surface area contributed by atoms with E-state index in [4.69, 9.17) is 9.84 Å². The monoisotopic (exact) mass is 277 g/mol. The van der Waals surface area contributed by atoms with Crippen LogP contribution in [-0.4, -0.2) is 42.3 Å². The van der Waals surface area contributed by atoms with E-state index < -0.39 is 5.97 Å². The van der Waals surface area contributed by atoms with Crippen LogP contribution in [0.4, 0.5) is 0 Å². The van der Waals surface area contributed by atoms with Gasteiger partial charge in [-0.15, -0.1) is 0 Å². The molecule has 0 atom stereocenters. The molecule has 0 amide bonds. The summed E-state index contributed by atoms with van der Waals surface area (Å²) in [6.07, 6.45) is 2.74. The number of rotatable bonds is 8. The zero-order valence-electron chi connectivity index (χ0n) is 12.4. The lowest BCUT2D eigenvalue weighted by Gasteiger charge is -2.26. The third kappa shape index (κ3) is 5.99. The molecule has 0 saturated carbocycles. The van der Waals surface area contributed by atoms with E-state index in [1.165, 1.54) is 5.56 Å². The molecule has 0 aliphatic carbocycles. The molecule has 110 valence electrons. The molecule has 1 rings (SSSR count). The molecular weight excluding hydrogens is 254 g/mol. The maximum atomic E-state index is 10.5. The SMILES string of the molecule is COCCN(Cc1ccc(/C=C/C(=O)O)cc1)C(C)C. The van der Waals surface area contributed by atoms with Gasteiger partial charge in [0.05, 0.1) is 6.61 Å². The Morgan fingerprint density at radius 3 is 2.50 bits per heavy atom. The predicted octanol–water partition coefficient (Wildman–Crippen LogP) is 2.64. The average Bonchev–Trinajstić information content (AvgIpc) is 2.42. The number of hydrogen-bond donors (Lipinski definition) is 1. The molecule has 0 unspecified atom stereocenters. The molecule has 0 spiro atoms. The van der Waals surface area contributed by atoms with Gasteiger partial charge in [0, 0.05) is 32.3 Å². The Morgan fingerprint density at radius 1 is 1.35 bits per heavy atom. The zero-order valence-corrected chi connectivity index (χ0v) is 12.4. The quantitative estimate of drug-likeness (QED) is 0.742. The fourth-order valence-electron chi connectivity index (χ4n) is 1.86. The summed E-state index contributed by atoms with van der Waals surface area (Å²) >= 11 is 0. The zero-order chi connectivity index (χ0) is 15.0. The number of benzene rings is 1. The highest BCUT2D eigenvalue weighted by Crippen LogP contribution is 2.11. The highest BCUT2D eigenvalue weighted by Gasteiger charge is 2.09. The van der Waals surface area contributed by atoms with Crippen molar-refractivity contribution < 1.29 is 14.6 Å². The average molecular weight is 277 g/mol. The second-order valence-electron chi connectivity index (χ2n) is 4.97. The van der Waals surface area contributed by atoms with Gasteiger partial charge in [0.1, 0.15) is 0 Å². The fraction of sp³-hybridized carbons (Fsp3) is 0.438. The Kier molecular flexibility index (Phi) is 6.98. The van der Waals surface area contributed by atoms with Gasteiger partial charge in [0.25, 0.3) is 0 Å². The van der Waals surface area contributed by atoms with Crippen molar-refractivity contribution in [2.75, 3.05) is 20.3 Å². The highest BCUT2D eigenvalue weighted by atomic mass is 16.5. The maximum absolute atomic E-state index is 10.5. The lowest BCUT2D eigenvalue weighted by atomic mass is 10.1. The van der Waals surface area contributed by atoms with Crippen LogP contribution in [0.25, 0.3) is 6.08 Å². The minimum absolute atomic E-state index is 0.455. The molecule has 4 heteroatoms. The van der Waals surface area contributed by atoms with Crippen LogP contribution < -0.4 is 0 Å². The molecule has 1 aromatic rings. The topological polar surface area (TPSA) is 49.8 Å². The number of hydrogen-bond acceptors (Lipinski definition) is 3. The van der Waals surface area contributed by atoms with Crippen LogP contribution in [0.1, 0.15) is 25.0 Å². The summed E-state index contributed by atoms with van der Waals surface area (Å²) in [4.78, 5) is 12.8. The van der Waals surface area contributed by atoms with Crippen molar-refractivity contribution in [2.45, 2.75) is 26.4 Å². The molecule has 4 nitrogen and oxygen atoms in total. The van der Waals surface area contributed by atoms with Crippen molar-refractivity contribution in [3.8, 4) is 0 Å². The van der Waals surface area contributed by atoms with Gasteiger partial charge in [-0.2, -0.15) is 0 Å². The molecule has 0 aliphatic heterocycles. The second kappa shape index (κ2) is 8.51. The fourth-order valence-corrected chi connectivity index (χ4v) is 1.86. The van der Waals surface area contributed by atoms with Crippen LogP contribution >= 0.6 is 0 Å². The van der Waals surface area contributed by atoms with Crippen LogP contribution in [0.15, 0.2) is 30.3 Å². The van der Waals surface area contributed by atoms with Crippen molar-refractivity contribution >= 4 is 12.0 Å². The van der Waals surface area contributed by atoms with Gasteiger partial charge in [0.2, 0.25) is 0 Å². The third-order valence-corrected chi connectivity index (χ3v) is 3.10. The Morgan fingerprint density at radius 2 is 2.00 bits per heavy atom. The number of ether oxygens (including phenoxy) is 1. The first-order valence-electron chi connectivity index (χ1n) is 6.76. The molecule has 0 radical (unpaired) electrons. The lowest BCUT2D eigenvalue weighted by Crippen LogP contribution is -2.33. The molecule has 1 aromatic carbocycles. The molecular formula is C16H23NO3. The van der Waals surface area contributed by atoms with E-state index >= 15 is 0 Å². The normalized spacial score (nSPS) is 11.7. The van der Waals surface area contributed by atoms with Gasteiger partial charge in [-0.05, 0) is 31.1 Å². The Bertz CT molecular complexity index is 438. The van der Waals surface area contributed by atoms with E-state index in [0.717, 1.165) is 31.3 Å². The third-order valence-electron chi connectivity index (χ3n) is 3.10. The van der Waals surface area contributed by atoms with Crippen molar-refractivity contribution in [1.29, 1.82) is 0 Å². The molecule has 1 N–H and O–H groups in total. The Balaban J connectivity index is 2.65. The number of nitrogens with zero attached hydrogens (tertiary/aromatic N) is 1. The molecule has 0 fully saturated rings. The lowest BCUT2D eigenvalue weighted by molar-refractivity contribution is -0.131. The number of carboxylic acid groups (broad SMARTS) is 1.